The number of nitrogens with one attached hydrogen (secondary N) is 1. The summed E-state index contributed by atoms with van der Waals surface area (Å²) in [7, 11) is 0. The van der Waals surface area contributed by atoms with Gasteiger partial charge in [0.1, 0.15) is 17.7 Å². The van der Waals surface area contributed by atoms with Crippen molar-refractivity contribution in [1.29, 1.82) is 0 Å². The van der Waals surface area contributed by atoms with Crippen LogP contribution in [0.5, 0.6) is 0 Å². The Morgan fingerprint density at radius 2 is 2.10 bits per heavy atom. The smallest absolute Gasteiger partial charge is 0.243 e. The van der Waals surface area contributed by atoms with Crippen LogP contribution in [0.4, 0.5) is 0 Å². The van der Waals surface area contributed by atoms with Crippen LogP contribution in [0.25, 0.3) is 0 Å². The average molecular weight is 291 g/mol. The van der Waals surface area contributed by atoms with E-state index < -0.39 is 0 Å². The number of fused-ring (bicyclic) bond motifs is 1. The summed E-state index contributed by atoms with van der Waals surface area (Å²) in [5.74, 6) is 1.83. The maximum Gasteiger partial charge on any atom is 0.243 e. The van der Waals surface area contributed by atoms with Crippen molar-refractivity contribution in [3.63, 3.8) is 0 Å². The second-order valence-electron chi connectivity index (χ2n) is 5.89. The van der Waals surface area contributed by atoms with Gasteiger partial charge in [-0.25, -0.2) is 0 Å². The molecule has 0 aromatic carbocycles. The number of amides is 2. The van der Waals surface area contributed by atoms with E-state index in [-0.39, 0.29) is 23.9 Å². The van der Waals surface area contributed by atoms with Gasteiger partial charge in [0.15, 0.2) is 0 Å². The largest absolute Gasteiger partial charge is 0.350 e. The Bertz CT molecular complexity index is 568. The van der Waals surface area contributed by atoms with Crippen molar-refractivity contribution >= 4 is 11.8 Å². The zero-order valence-corrected chi connectivity index (χ0v) is 12.5. The van der Waals surface area contributed by atoms with Gasteiger partial charge in [0.05, 0.1) is 0 Å². The molecule has 2 amide bonds. The van der Waals surface area contributed by atoms with E-state index in [4.69, 9.17) is 0 Å². The zero-order chi connectivity index (χ0) is 15.0. The van der Waals surface area contributed by atoms with Crippen molar-refractivity contribution in [3.8, 4) is 0 Å². The molecule has 0 unspecified atom stereocenters. The first kappa shape index (κ1) is 14.0. The maximum absolute atomic E-state index is 12.4. The normalized spacial score (nSPS) is 24.8. The number of hydrogen-bond donors (Lipinski definition) is 1. The Labute approximate surface area is 123 Å². The minimum atomic E-state index is -0.300. The molecule has 0 spiro atoms. The molecule has 21 heavy (non-hydrogen) atoms. The highest BCUT2D eigenvalue weighted by molar-refractivity contribution is 5.87. The first-order valence-electron chi connectivity index (χ1n) is 7.52. The van der Waals surface area contributed by atoms with E-state index in [2.05, 4.69) is 20.1 Å². The summed E-state index contributed by atoms with van der Waals surface area (Å²) in [6.07, 6.45) is 3.36. The van der Waals surface area contributed by atoms with Gasteiger partial charge in [-0.05, 0) is 26.2 Å². The van der Waals surface area contributed by atoms with E-state index in [0.717, 1.165) is 37.3 Å². The molecule has 0 saturated carbocycles. The summed E-state index contributed by atoms with van der Waals surface area (Å²) in [5.41, 5.74) is 0. The highest BCUT2D eigenvalue weighted by Crippen LogP contribution is 2.19. The Hall–Kier alpha value is -1.92. The summed E-state index contributed by atoms with van der Waals surface area (Å²) in [4.78, 5) is 25.6. The molecule has 1 aromatic heterocycles. The van der Waals surface area contributed by atoms with Gasteiger partial charge in [0.2, 0.25) is 11.8 Å². The molecule has 2 atom stereocenters. The lowest BCUT2D eigenvalue weighted by Crippen LogP contribution is -2.50. The van der Waals surface area contributed by atoms with Gasteiger partial charge < -0.3 is 14.8 Å². The van der Waals surface area contributed by atoms with E-state index in [1.54, 1.807) is 4.90 Å². The van der Waals surface area contributed by atoms with Crippen LogP contribution < -0.4 is 5.32 Å². The van der Waals surface area contributed by atoms with Crippen LogP contribution in [0.3, 0.4) is 0 Å². The van der Waals surface area contributed by atoms with Gasteiger partial charge in [0.25, 0.3) is 0 Å². The molecule has 0 aliphatic carbocycles. The van der Waals surface area contributed by atoms with E-state index in [1.165, 1.54) is 6.92 Å². The molecule has 2 aliphatic rings. The van der Waals surface area contributed by atoms with Crippen LogP contribution in [0.1, 0.15) is 37.8 Å². The van der Waals surface area contributed by atoms with Gasteiger partial charge in [-0.15, -0.1) is 10.2 Å². The molecule has 7 heteroatoms. The van der Waals surface area contributed by atoms with Crippen LogP contribution >= 0.6 is 0 Å². The lowest BCUT2D eigenvalue weighted by atomic mass is 10.1. The Balaban J connectivity index is 1.64. The standard InChI is InChI=1S/C14H21N5O2/c1-9-16-17-13-6-5-11(8-19(9)13)15-14(21)12-4-3-7-18(12)10(2)20/h11-12H,3-8H2,1-2H3,(H,15,21)/t11-,12-/m0/s1. The molecule has 7 nitrogen and oxygen atoms in total. The van der Waals surface area contributed by atoms with Gasteiger partial charge in [-0.3, -0.25) is 9.59 Å². The fraction of sp³-hybridized carbons (Fsp3) is 0.714. The summed E-state index contributed by atoms with van der Waals surface area (Å²) >= 11 is 0. The Morgan fingerprint density at radius 1 is 1.29 bits per heavy atom. The molecule has 3 rings (SSSR count). The van der Waals surface area contributed by atoms with E-state index in [9.17, 15) is 9.59 Å². The molecule has 1 saturated heterocycles. The molecule has 114 valence electrons. The molecule has 3 heterocycles. The second-order valence-corrected chi connectivity index (χ2v) is 5.89. The van der Waals surface area contributed by atoms with Crippen molar-refractivity contribution in [2.75, 3.05) is 6.54 Å². The first-order chi connectivity index (χ1) is 10.1. The second kappa shape index (κ2) is 5.46. The Kier molecular flexibility index (Phi) is 3.65. The van der Waals surface area contributed by atoms with Crippen molar-refractivity contribution in [1.82, 2.24) is 25.0 Å². The fourth-order valence-corrected chi connectivity index (χ4v) is 3.29. The van der Waals surface area contributed by atoms with Crippen molar-refractivity contribution < 1.29 is 9.59 Å². The molecular weight excluding hydrogens is 270 g/mol. The predicted molar refractivity (Wildman–Crippen MR) is 75.4 cm³/mol. The van der Waals surface area contributed by atoms with E-state index in [0.29, 0.717) is 13.1 Å². The van der Waals surface area contributed by atoms with Crippen LogP contribution in [-0.4, -0.2) is 50.1 Å². The van der Waals surface area contributed by atoms with Crippen molar-refractivity contribution in [3.05, 3.63) is 11.6 Å². The fourth-order valence-electron chi connectivity index (χ4n) is 3.29. The summed E-state index contributed by atoms with van der Waals surface area (Å²) in [6.45, 7) is 4.85. The number of carbonyl (C=O) groups is 2. The van der Waals surface area contributed by atoms with Crippen LogP contribution in [0.2, 0.25) is 0 Å². The molecule has 1 fully saturated rings. The van der Waals surface area contributed by atoms with Crippen molar-refractivity contribution in [2.45, 2.75) is 58.2 Å². The van der Waals surface area contributed by atoms with Crippen molar-refractivity contribution in [2.24, 2.45) is 0 Å². The third kappa shape index (κ3) is 2.64. The third-order valence-corrected chi connectivity index (χ3v) is 4.44. The van der Waals surface area contributed by atoms with E-state index in [1.807, 2.05) is 6.92 Å². The lowest BCUT2D eigenvalue weighted by molar-refractivity contribution is -0.137. The molecule has 1 aromatic rings. The van der Waals surface area contributed by atoms with Crippen LogP contribution in [-0.2, 0) is 22.6 Å². The number of rotatable bonds is 2. The number of likely N-dealkylation sites (tertiary alicyclic amines) is 1. The summed E-state index contributed by atoms with van der Waals surface area (Å²) in [5, 5.41) is 11.3. The number of aryl methyl sites for hydroxylation is 2. The first-order valence-corrected chi connectivity index (χ1v) is 7.52. The lowest BCUT2D eigenvalue weighted by Gasteiger charge is -2.28. The third-order valence-electron chi connectivity index (χ3n) is 4.44. The van der Waals surface area contributed by atoms with E-state index >= 15 is 0 Å². The summed E-state index contributed by atoms with van der Waals surface area (Å²) in [6, 6.07) is -0.208. The monoisotopic (exact) mass is 291 g/mol. The highest BCUT2D eigenvalue weighted by Gasteiger charge is 2.34. The SMILES string of the molecule is CC(=O)N1CCC[C@H]1C(=O)N[C@H]1CCc2nnc(C)n2C1. The van der Waals surface area contributed by atoms with Crippen LogP contribution in [0.15, 0.2) is 0 Å². The van der Waals surface area contributed by atoms with Gasteiger partial charge >= 0.3 is 0 Å². The Morgan fingerprint density at radius 3 is 2.86 bits per heavy atom. The molecular formula is C14H21N5O2. The number of nitrogens with zero attached hydrogens (tertiary/aromatic N) is 4. The maximum atomic E-state index is 12.4. The van der Waals surface area contributed by atoms with Gasteiger partial charge in [0, 0.05) is 32.5 Å². The quantitative estimate of drug-likeness (QED) is 0.833. The molecule has 2 aliphatic heterocycles. The molecule has 0 radical (unpaired) electrons. The minimum absolute atomic E-state index is 0.0202. The molecule has 0 bridgehead atoms. The van der Waals surface area contributed by atoms with Crippen LogP contribution in [0, 0.1) is 6.92 Å². The molecule has 1 N–H and O–H groups in total. The highest BCUT2D eigenvalue weighted by atomic mass is 16.2. The van der Waals surface area contributed by atoms with Gasteiger partial charge in [-0.2, -0.15) is 0 Å². The zero-order valence-electron chi connectivity index (χ0n) is 12.5. The summed E-state index contributed by atoms with van der Waals surface area (Å²) < 4.78 is 2.06. The number of aromatic nitrogens is 3. The average Bonchev–Trinajstić information content (AvgIpc) is 3.06. The van der Waals surface area contributed by atoms with Gasteiger partial charge in [-0.1, -0.05) is 0 Å². The predicted octanol–water partition coefficient (Wildman–Crippen LogP) is 0.0284. The topological polar surface area (TPSA) is 80.1 Å². The minimum Gasteiger partial charge on any atom is -0.350 e. The number of hydrogen-bond acceptors (Lipinski definition) is 4. The number of carbonyl (C=O) groups excluding carboxylic acids is 2.